The summed E-state index contributed by atoms with van der Waals surface area (Å²) in [5.41, 5.74) is 5.02. The van der Waals surface area contributed by atoms with E-state index >= 15 is 0 Å². The second-order valence-corrected chi connectivity index (χ2v) is 9.29. The normalized spacial score (nSPS) is 20.1. The smallest absolute Gasteiger partial charge is 0.322 e. The standard InChI is InChI=1S/C27H31N5O2/c1-18-9-11-22(12-10-18)28-27(33)31-14-13-24-23(17-31)26(32-15-19(2)34-20(3)16-32)30-25(29-24)21-7-5-4-6-8-21/h4-12,19-20H,13-17H2,1-3H3,(H,28,33). The van der Waals surface area contributed by atoms with Crippen molar-refractivity contribution in [1.29, 1.82) is 0 Å². The molecule has 2 aliphatic rings. The van der Waals surface area contributed by atoms with Crippen molar-refractivity contribution in [2.45, 2.75) is 45.9 Å². The molecule has 1 fully saturated rings. The number of benzene rings is 2. The van der Waals surface area contributed by atoms with Crippen molar-refractivity contribution in [3.05, 3.63) is 71.4 Å². The molecule has 7 nitrogen and oxygen atoms in total. The maximum absolute atomic E-state index is 13.1. The number of anilines is 2. The fourth-order valence-electron chi connectivity index (χ4n) is 4.74. The van der Waals surface area contributed by atoms with Crippen LogP contribution in [0.5, 0.6) is 0 Å². The summed E-state index contributed by atoms with van der Waals surface area (Å²) in [6, 6.07) is 17.9. The van der Waals surface area contributed by atoms with Crippen LogP contribution in [-0.4, -0.2) is 52.7 Å². The number of morpholine rings is 1. The summed E-state index contributed by atoms with van der Waals surface area (Å²) in [4.78, 5) is 27.2. The number of fused-ring (bicyclic) bond motifs is 1. The Kier molecular flexibility index (Phi) is 6.20. The molecule has 0 saturated carbocycles. The molecule has 0 spiro atoms. The number of aryl methyl sites for hydroxylation is 1. The van der Waals surface area contributed by atoms with Gasteiger partial charge in [0.15, 0.2) is 5.82 Å². The molecule has 2 atom stereocenters. The predicted molar refractivity (Wildman–Crippen MR) is 134 cm³/mol. The van der Waals surface area contributed by atoms with E-state index in [2.05, 4.69) is 24.1 Å². The lowest BCUT2D eigenvalue weighted by Crippen LogP contribution is -2.47. The molecule has 34 heavy (non-hydrogen) atoms. The maximum atomic E-state index is 13.1. The number of rotatable bonds is 3. The SMILES string of the molecule is Cc1ccc(NC(=O)N2CCc3nc(-c4ccccc4)nc(N4CC(C)OC(C)C4)c3C2)cc1. The fraction of sp³-hybridized carbons (Fsp3) is 0.370. The topological polar surface area (TPSA) is 70.6 Å². The molecular weight excluding hydrogens is 426 g/mol. The van der Waals surface area contributed by atoms with Crippen LogP contribution in [-0.2, 0) is 17.7 Å². The largest absolute Gasteiger partial charge is 0.372 e. The van der Waals surface area contributed by atoms with Gasteiger partial charge in [0.05, 0.1) is 24.4 Å². The minimum absolute atomic E-state index is 0.101. The van der Waals surface area contributed by atoms with Crippen molar-refractivity contribution in [2.75, 3.05) is 29.9 Å². The highest BCUT2D eigenvalue weighted by Gasteiger charge is 2.31. The zero-order valence-electron chi connectivity index (χ0n) is 20.0. The van der Waals surface area contributed by atoms with Crippen LogP contribution >= 0.6 is 0 Å². The van der Waals surface area contributed by atoms with E-state index in [4.69, 9.17) is 14.7 Å². The minimum atomic E-state index is -0.101. The summed E-state index contributed by atoms with van der Waals surface area (Å²) in [6.07, 6.45) is 0.916. The third-order valence-electron chi connectivity index (χ3n) is 6.38. The van der Waals surface area contributed by atoms with E-state index in [0.29, 0.717) is 19.5 Å². The van der Waals surface area contributed by atoms with Gasteiger partial charge in [-0.15, -0.1) is 0 Å². The van der Waals surface area contributed by atoms with Gasteiger partial charge in [-0.3, -0.25) is 0 Å². The van der Waals surface area contributed by atoms with E-state index < -0.39 is 0 Å². The molecule has 1 N–H and O–H groups in total. The van der Waals surface area contributed by atoms with Gasteiger partial charge in [-0.2, -0.15) is 0 Å². The van der Waals surface area contributed by atoms with Gasteiger partial charge in [0.25, 0.3) is 0 Å². The first-order valence-corrected chi connectivity index (χ1v) is 11.9. The van der Waals surface area contributed by atoms with E-state index in [1.54, 1.807) is 0 Å². The van der Waals surface area contributed by atoms with Crippen LogP contribution in [0.3, 0.4) is 0 Å². The van der Waals surface area contributed by atoms with Gasteiger partial charge in [0.2, 0.25) is 0 Å². The summed E-state index contributed by atoms with van der Waals surface area (Å²) in [6.45, 7) is 8.84. The van der Waals surface area contributed by atoms with Gasteiger partial charge >= 0.3 is 6.03 Å². The van der Waals surface area contributed by atoms with Gasteiger partial charge in [0, 0.05) is 42.9 Å². The number of ether oxygens (including phenoxy) is 1. The van der Waals surface area contributed by atoms with Crippen molar-refractivity contribution in [3.63, 3.8) is 0 Å². The third-order valence-corrected chi connectivity index (χ3v) is 6.38. The molecule has 2 amide bonds. The van der Waals surface area contributed by atoms with E-state index in [-0.39, 0.29) is 18.2 Å². The Morgan fingerprint density at radius 2 is 1.71 bits per heavy atom. The van der Waals surface area contributed by atoms with Gasteiger partial charge in [-0.05, 0) is 32.9 Å². The highest BCUT2D eigenvalue weighted by molar-refractivity contribution is 5.89. The summed E-state index contributed by atoms with van der Waals surface area (Å²) >= 11 is 0. The van der Waals surface area contributed by atoms with Crippen molar-refractivity contribution >= 4 is 17.5 Å². The zero-order chi connectivity index (χ0) is 23.7. The first kappa shape index (κ1) is 22.3. The number of hydrogen-bond acceptors (Lipinski definition) is 5. The number of aromatic nitrogens is 2. The molecule has 2 aromatic carbocycles. The molecule has 7 heteroatoms. The Morgan fingerprint density at radius 3 is 2.41 bits per heavy atom. The Hall–Kier alpha value is -3.45. The second-order valence-electron chi connectivity index (χ2n) is 9.29. The van der Waals surface area contributed by atoms with Crippen LogP contribution in [0.1, 0.15) is 30.7 Å². The van der Waals surface area contributed by atoms with Gasteiger partial charge in [-0.1, -0.05) is 48.0 Å². The molecule has 0 aliphatic carbocycles. The highest BCUT2D eigenvalue weighted by Crippen LogP contribution is 2.31. The molecule has 3 heterocycles. The molecule has 2 aliphatic heterocycles. The lowest BCUT2D eigenvalue weighted by molar-refractivity contribution is -0.00556. The van der Waals surface area contributed by atoms with Gasteiger partial charge < -0.3 is 19.9 Å². The molecule has 3 aromatic rings. The second kappa shape index (κ2) is 9.43. The first-order valence-electron chi connectivity index (χ1n) is 11.9. The number of hydrogen-bond donors (Lipinski definition) is 1. The van der Waals surface area contributed by atoms with Crippen molar-refractivity contribution < 1.29 is 9.53 Å². The number of nitrogens with one attached hydrogen (secondary N) is 1. The minimum Gasteiger partial charge on any atom is -0.372 e. The number of carbonyl (C=O) groups excluding carboxylic acids is 1. The monoisotopic (exact) mass is 457 g/mol. The summed E-state index contributed by atoms with van der Waals surface area (Å²) in [7, 11) is 0. The molecule has 1 aromatic heterocycles. The molecule has 0 radical (unpaired) electrons. The van der Waals surface area contributed by atoms with Crippen LogP contribution in [0.25, 0.3) is 11.4 Å². The average Bonchev–Trinajstić information content (AvgIpc) is 2.84. The third kappa shape index (κ3) is 4.75. The quantitative estimate of drug-likeness (QED) is 0.620. The Labute approximate surface area is 200 Å². The molecular formula is C27H31N5O2. The van der Waals surface area contributed by atoms with Crippen LogP contribution in [0, 0.1) is 6.92 Å². The number of nitrogens with zero attached hydrogens (tertiary/aromatic N) is 4. The number of amides is 2. The van der Waals surface area contributed by atoms with Crippen molar-refractivity contribution in [3.8, 4) is 11.4 Å². The first-order chi connectivity index (χ1) is 16.5. The predicted octanol–water partition coefficient (Wildman–Crippen LogP) is 4.66. The Morgan fingerprint density at radius 1 is 1.00 bits per heavy atom. The lowest BCUT2D eigenvalue weighted by Gasteiger charge is -2.39. The van der Waals surface area contributed by atoms with Crippen LogP contribution in [0.4, 0.5) is 16.3 Å². The van der Waals surface area contributed by atoms with Crippen LogP contribution < -0.4 is 10.2 Å². The van der Waals surface area contributed by atoms with Crippen molar-refractivity contribution in [2.24, 2.45) is 0 Å². The Bertz CT molecular complexity index is 1160. The summed E-state index contributed by atoms with van der Waals surface area (Å²) in [5.74, 6) is 1.65. The average molecular weight is 458 g/mol. The summed E-state index contributed by atoms with van der Waals surface area (Å²) < 4.78 is 5.97. The number of carbonyl (C=O) groups is 1. The van der Waals surface area contributed by atoms with Crippen LogP contribution in [0.2, 0.25) is 0 Å². The van der Waals surface area contributed by atoms with E-state index in [1.165, 1.54) is 0 Å². The van der Waals surface area contributed by atoms with Crippen LogP contribution in [0.15, 0.2) is 54.6 Å². The maximum Gasteiger partial charge on any atom is 0.322 e. The van der Waals surface area contributed by atoms with E-state index in [9.17, 15) is 4.79 Å². The van der Waals surface area contributed by atoms with E-state index in [1.807, 2.05) is 66.4 Å². The van der Waals surface area contributed by atoms with Gasteiger partial charge in [-0.25, -0.2) is 14.8 Å². The highest BCUT2D eigenvalue weighted by atomic mass is 16.5. The van der Waals surface area contributed by atoms with Crippen molar-refractivity contribution in [1.82, 2.24) is 14.9 Å². The lowest BCUT2D eigenvalue weighted by atomic mass is 10.0. The fourth-order valence-corrected chi connectivity index (χ4v) is 4.74. The van der Waals surface area contributed by atoms with E-state index in [0.717, 1.165) is 52.8 Å². The van der Waals surface area contributed by atoms with Gasteiger partial charge in [0.1, 0.15) is 5.82 Å². The molecule has 5 rings (SSSR count). The zero-order valence-corrected chi connectivity index (χ0v) is 20.0. The number of urea groups is 1. The molecule has 176 valence electrons. The summed E-state index contributed by atoms with van der Waals surface area (Å²) in [5, 5.41) is 3.03. The Balaban J connectivity index is 1.47. The molecule has 1 saturated heterocycles. The molecule has 2 unspecified atom stereocenters. The molecule has 0 bridgehead atoms.